The van der Waals surface area contributed by atoms with Crippen LogP contribution in [-0.4, -0.2) is 24.2 Å². The number of ether oxygens (including phenoxy) is 1. The van der Waals surface area contributed by atoms with E-state index in [2.05, 4.69) is 30.7 Å². The summed E-state index contributed by atoms with van der Waals surface area (Å²) in [4.78, 5) is 4.09. The second kappa shape index (κ2) is 5.28. The largest absolute Gasteiger partial charge is 0.361 e. The Bertz CT molecular complexity index is 387. The monoisotopic (exact) mass is 237 g/mol. The SMILES string of the molecule is Cc1cn(COCC[Si](C)(C)C)c(C#N)n1. The van der Waals surface area contributed by atoms with Crippen LogP contribution in [0.3, 0.4) is 0 Å². The van der Waals surface area contributed by atoms with Gasteiger partial charge < -0.3 is 4.74 Å². The Kier molecular flexibility index (Phi) is 4.27. The third-order valence-corrected chi connectivity index (χ3v) is 3.93. The van der Waals surface area contributed by atoms with Crippen molar-refractivity contribution in [2.24, 2.45) is 0 Å². The number of nitrogens with zero attached hydrogens (tertiary/aromatic N) is 3. The highest BCUT2D eigenvalue weighted by Gasteiger charge is 2.12. The Morgan fingerprint density at radius 3 is 2.75 bits per heavy atom. The number of rotatable bonds is 5. The van der Waals surface area contributed by atoms with E-state index in [0.717, 1.165) is 18.3 Å². The molecule has 0 bridgehead atoms. The first kappa shape index (κ1) is 12.9. The number of nitriles is 1. The lowest BCUT2D eigenvalue weighted by atomic mass is 10.6. The molecular weight excluding hydrogens is 218 g/mol. The van der Waals surface area contributed by atoms with Crippen LogP contribution in [0.4, 0.5) is 0 Å². The van der Waals surface area contributed by atoms with Crippen LogP contribution in [0.5, 0.6) is 0 Å². The molecule has 1 aromatic heterocycles. The smallest absolute Gasteiger partial charge is 0.214 e. The van der Waals surface area contributed by atoms with E-state index in [9.17, 15) is 0 Å². The summed E-state index contributed by atoms with van der Waals surface area (Å²) in [6.45, 7) is 10.0. The standard InChI is InChI=1S/C11H19N3OSi/c1-10-8-14(11(7-12)13-10)9-15-5-6-16(2,3)4/h8H,5-6,9H2,1-4H3. The minimum atomic E-state index is -1.03. The molecule has 0 amide bonds. The van der Waals surface area contributed by atoms with Crippen LogP contribution in [0, 0.1) is 18.3 Å². The maximum Gasteiger partial charge on any atom is 0.214 e. The average Bonchev–Trinajstić information content (AvgIpc) is 2.52. The van der Waals surface area contributed by atoms with Crippen molar-refractivity contribution in [1.82, 2.24) is 9.55 Å². The van der Waals surface area contributed by atoms with E-state index in [0.29, 0.717) is 12.6 Å². The summed E-state index contributed by atoms with van der Waals surface area (Å²) in [5, 5.41) is 8.84. The van der Waals surface area contributed by atoms with E-state index in [1.165, 1.54) is 0 Å². The first-order valence-corrected chi connectivity index (χ1v) is 9.15. The van der Waals surface area contributed by atoms with Gasteiger partial charge in [0.25, 0.3) is 0 Å². The Balaban J connectivity index is 2.41. The van der Waals surface area contributed by atoms with Gasteiger partial charge in [-0.1, -0.05) is 19.6 Å². The number of imidazole rings is 1. The normalized spacial score (nSPS) is 11.4. The summed E-state index contributed by atoms with van der Waals surface area (Å²) in [5.41, 5.74) is 0.852. The molecule has 1 aromatic rings. The summed E-state index contributed by atoms with van der Waals surface area (Å²) in [5.74, 6) is 0.422. The topological polar surface area (TPSA) is 50.8 Å². The molecular formula is C11H19N3OSi. The predicted molar refractivity (Wildman–Crippen MR) is 65.8 cm³/mol. The first-order chi connectivity index (χ1) is 7.42. The van der Waals surface area contributed by atoms with Crippen molar-refractivity contribution >= 4 is 8.07 Å². The predicted octanol–water partition coefficient (Wildman–Crippen LogP) is 2.38. The lowest BCUT2D eigenvalue weighted by molar-refractivity contribution is 0.0865. The zero-order chi connectivity index (χ0) is 12.2. The van der Waals surface area contributed by atoms with Crippen LogP contribution in [0.1, 0.15) is 11.5 Å². The van der Waals surface area contributed by atoms with Gasteiger partial charge in [0, 0.05) is 20.9 Å². The fraction of sp³-hybridized carbons (Fsp3) is 0.636. The van der Waals surface area contributed by atoms with Gasteiger partial charge in [0.2, 0.25) is 5.82 Å². The summed E-state index contributed by atoms with van der Waals surface area (Å²) >= 11 is 0. The molecule has 0 atom stereocenters. The number of hydrogen-bond acceptors (Lipinski definition) is 3. The molecule has 16 heavy (non-hydrogen) atoms. The lowest BCUT2D eigenvalue weighted by Crippen LogP contribution is -2.22. The van der Waals surface area contributed by atoms with E-state index in [1.807, 2.05) is 13.1 Å². The van der Waals surface area contributed by atoms with Gasteiger partial charge in [-0.2, -0.15) is 5.26 Å². The molecule has 4 nitrogen and oxygen atoms in total. The Labute approximate surface area is 97.9 Å². The van der Waals surface area contributed by atoms with Gasteiger partial charge in [0.15, 0.2) is 0 Å². The Hall–Kier alpha value is -1.12. The molecule has 88 valence electrons. The summed E-state index contributed by atoms with van der Waals surface area (Å²) < 4.78 is 7.31. The maximum atomic E-state index is 8.84. The minimum Gasteiger partial charge on any atom is -0.361 e. The van der Waals surface area contributed by atoms with Crippen molar-refractivity contribution in [2.75, 3.05) is 6.61 Å². The third kappa shape index (κ3) is 4.17. The fourth-order valence-electron chi connectivity index (χ4n) is 1.28. The molecule has 0 aromatic carbocycles. The van der Waals surface area contributed by atoms with Crippen LogP contribution in [-0.2, 0) is 11.5 Å². The van der Waals surface area contributed by atoms with Crippen LogP contribution in [0.2, 0.25) is 25.7 Å². The fourth-order valence-corrected chi connectivity index (χ4v) is 2.03. The van der Waals surface area contributed by atoms with Crippen molar-refractivity contribution in [2.45, 2.75) is 39.3 Å². The molecule has 5 heteroatoms. The van der Waals surface area contributed by atoms with Crippen molar-refractivity contribution in [3.05, 3.63) is 17.7 Å². The van der Waals surface area contributed by atoms with Crippen molar-refractivity contribution in [3.8, 4) is 6.07 Å². The van der Waals surface area contributed by atoms with Gasteiger partial charge in [0.05, 0.1) is 5.69 Å². The zero-order valence-corrected chi connectivity index (χ0v) is 11.4. The van der Waals surface area contributed by atoms with Crippen LogP contribution >= 0.6 is 0 Å². The van der Waals surface area contributed by atoms with Gasteiger partial charge in [0.1, 0.15) is 12.8 Å². The zero-order valence-electron chi connectivity index (χ0n) is 10.4. The van der Waals surface area contributed by atoms with E-state index in [-0.39, 0.29) is 0 Å². The highest BCUT2D eigenvalue weighted by atomic mass is 28.3. The summed E-state index contributed by atoms with van der Waals surface area (Å²) in [7, 11) is -1.03. The molecule has 0 fully saturated rings. The average molecular weight is 237 g/mol. The molecule has 0 saturated carbocycles. The van der Waals surface area contributed by atoms with Gasteiger partial charge in [-0.05, 0) is 13.0 Å². The molecule has 0 radical (unpaired) electrons. The third-order valence-electron chi connectivity index (χ3n) is 2.22. The molecule has 0 aliphatic rings. The molecule has 0 aliphatic heterocycles. The van der Waals surface area contributed by atoms with E-state index < -0.39 is 8.07 Å². The molecule has 0 aliphatic carbocycles. The Morgan fingerprint density at radius 2 is 2.19 bits per heavy atom. The quantitative estimate of drug-likeness (QED) is 0.583. The molecule has 1 rings (SSSR count). The number of aromatic nitrogens is 2. The van der Waals surface area contributed by atoms with Crippen LogP contribution in [0.15, 0.2) is 6.20 Å². The van der Waals surface area contributed by atoms with Gasteiger partial charge >= 0.3 is 0 Å². The van der Waals surface area contributed by atoms with Crippen molar-refractivity contribution < 1.29 is 4.74 Å². The van der Waals surface area contributed by atoms with Crippen molar-refractivity contribution in [3.63, 3.8) is 0 Å². The first-order valence-electron chi connectivity index (χ1n) is 5.44. The summed E-state index contributed by atoms with van der Waals surface area (Å²) in [6, 6.07) is 3.20. The van der Waals surface area contributed by atoms with Gasteiger partial charge in [-0.3, -0.25) is 4.57 Å². The maximum absolute atomic E-state index is 8.84. The second-order valence-electron chi connectivity index (χ2n) is 5.14. The number of aryl methyl sites for hydroxylation is 1. The van der Waals surface area contributed by atoms with E-state index in [1.54, 1.807) is 4.57 Å². The molecule has 0 N–H and O–H groups in total. The minimum absolute atomic E-state index is 0.422. The van der Waals surface area contributed by atoms with Crippen molar-refractivity contribution in [1.29, 1.82) is 5.26 Å². The highest BCUT2D eigenvalue weighted by Crippen LogP contribution is 2.08. The second-order valence-corrected chi connectivity index (χ2v) is 10.8. The summed E-state index contributed by atoms with van der Waals surface area (Å²) in [6.07, 6.45) is 1.84. The number of hydrogen-bond donors (Lipinski definition) is 0. The van der Waals surface area contributed by atoms with E-state index >= 15 is 0 Å². The van der Waals surface area contributed by atoms with Crippen LogP contribution < -0.4 is 0 Å². The van der Waals surface area contributed by atoms with Gasteiger partial charge in [-0.25, -0.2) is 4.98 Å². The molecule has 0 saturated heterocycles. The Morgan fingerprint density at radius 1 is 1.50 bits per heavy atom. The molecule has 0 unspecified atom stereocenters. The lowest BCUT2D eigenvalue weighted by Gasteiger charge is -2.15. The molecule has 1 heterocycles. The highest BCUT2D eigenvalue weighted by molar-refractivity contribution is 6.76. The van der Waals surface area contributed by atoms with E-state index in [4.69, 9.17) is 10.00 Å². The van der Waals surface area contributed by atoms with Gasteiger partial charge in [-0.15, -0.1) is 0 Å². The van der Waals surface area contributed by atoms with Crippen LogP contribution in [0.25, 0.3) is 0 Å². The molecule has 0 spiro atoms.